The summed E-state index contributed by atoms with van der Waals surface area (Å²) in [5.41, 5.74) is 0.794. The van der Waals surface area contributed by atoms with Crippen LogP contribution in [0.2, 0.25) is 18.1 Å². The number of amides is 2. The first kappa shape index (κ1) is 28.3. The average Bonchev–Trinajstić information content (AvgIpc) is 2.71. The molecule has 1 fully saturated rings. The molecule has 2 amide bonds. The second-order valence-electron chi connectivity index (χ2n) is 10.3. The molecule has 9 nitrogen and oxygen atoms in total. The summed E-state index contributed by atoms with van der Waals surface area (Å²) in [5.74, 6) is -1.91. The van der Waals surface area contributed by atoms with Crippen LogP contribution in [-0.4, -0.2) is 55.9 Å². The van der Waals surface area contributed by atoms with Crippen molar-refractivity contribution in [2.45, 2.75) is 70.8 Å². The smallest absolute Gasteiger partial charge is 0.411 e. The molecule has 1 aliphatic heterocycles. The third-order valence-corrected chi connectivity index (χ3v) is 11.2. The van der Waals surface area contributed by atoms with E-state index in [0.717, 1.165) is 0 Å². The Bertz CT molecular complexity index is 1000. The SMILES string of the molecule is C=CCOC(=O)Nc1cc(C(=O)C[C@H]2NC(=O)[C@@H]2[C@@H](C)O[Si](C)(C)C(C)(C)C)ccc1CC(=O)O. The fourth-order valence-electron chi connectivity index (χ4n) is 3.67. The highest BCUT2D eigenvalue weighted by molar-refractivity contribution is 6.74. The Hall–Kier alpha value is -2.98. The number of rotatable bonds is 11. The zero-order valence-corrected chi connectivity index (χ0v) is 22.3. The molecule has 0 saturated carbocycles. The Morgan fingerprint density at radius 3 is 2.49 bits per heavy atom. The summed E-state index contributed by atoms with van der Waals surface area (Å²) in [6, 6.07) is 4.07. The lowest BCUT2D eigenvalue weighted by molar-refractivity contribution is -0.140. The van der Waals surface area contributed by atoms with Gasteiger partial charge in [0.1, 0.15) is 6.61 Å². The van der Waals surface area contributed by atoms with Crippen molar-refractivity contribution in [1.82, 2.24) is 5.32 Å². The molecule has 35 heavy (non-hydrogen) atoms. The van der Waals surface area contributed by atoms with Gasteiger partial charge in [-0.25, -0.2) is 4.79 Å². The summed E-state index contributed by atoms with van der Waals surface area (Å²) in [6.45, 7) is 15.9. The van der Waals surface area contributed by atoms with E-state index in [-0.39, 0.29) is 59.6 Å². The van der Waals surface area contributed by atoms with Crippen LogP contribution in [0.15, 0.2) is 30.9 Å². The highest BCUT2D eigenvalue weighted by Crippen LogP contribution is 2.39. The molecule has 0 aromatic heterocycles. The predicted molar refractivity (Wildman–Crippen MR) is 135 cm³/mol. The van der Waals surface area contributed by atoms with Gasteiger partial charge in [0.15, 0.2) is 14.1 Å². The molecule has 0 aliphatic carbocycles. The monoisotopic (exact) mass is 504 g/mol. The molecule has 3 atom stereocenters. The van der Waals surface area contributed by atoms with Crippen LogP contribution in [0.5, 0.6) is 0 Å². The Labute approximate surface area is 207 Å². The predicted octanol–water partition coefficient (Wildman–Crippen LogP) is 4.15. The number of aliphatic carboxylic acids is 1. The Morgan fingerprint density at radius 2 is 1.94 bits per heavy atom. The molecule has 1 heterocycles. The second-order valence-corrected chi connectivity index (χ2v) is 15.1. The minimum Gasteiger partial charge on any atom is -0.481 e. The summed E-state index contributed by atoms with van der Waals surface area (Å²) >= 11 is 0. The van der Waals surface area contributed by atoms with Crippen LogP contribution >= 0.6 is 0 Å². The number of ketones is 1. The standard InChI is InChI=1S/C25H36N2O7Si/c1-8-11-33-24(32)27-18-12-17(10-9-16(18)13-21(29)30)20(28)14-19-22(23(31)26-19)15(2)34-35(6,7)25(3,4)5/h8-10,12,15,19,22H,1,11,13-14H2,2-7H3,(H,26,31)(H,27,32)(H,29,30)/t15-,19-,22-/m1/s1. The van der Waals surface area contributed by atoms with Gasteiger partial charge < -0.3 is 19.6 Å². The molecule has 1 aromatic carbocycles. The highest BCUT2D eigenvalue weighted by atomic mass is 28.4. The molecule has 1 saturated heterocycles. The van der Waals surface area contributed by atoms with Crippen LogP contribution in [0, 0.1) is 5.92 Å². The quantitative estimate of drug-likeness (QED) is 0.179. The molecule has 0 radical (unpaired) electrons. The van der Waals surface area contributed by atoms with E-state index in [9.17, 15) is 19.2 Å². The van der Waals surface area contributed by atoms with Crippen molar-refractivity contribution in [3.05, 3.63) is 42.0 Å². The van der Waals surface area contributed by atoms with Crippen molar-refractivity contribution >= 4 is 37.8 Å². The maximum Gasteiger partial charge on any atom is 0.411 e. The zero-order valence-electron chi connectivity index (χ0n) is 21.3. The number of carbonyl (C=O) groups is 4. The van der Waals surface area contributed by atoms with E-state index in [1.54, 1.807) is 0 Å². The third kappa shape index (κ3) is 7.25. The number of benzene rings is 1. The van der Waals surface area contributed by atoms with Crippen molar-refractivity contribution in [3.8, 4) is 0 Å². The summed E-state index contributed by atoms with van der Waals surface area (Å²) in [4.78, 5) is 48.6. The van der Waals surface area contributed by atoms with E-state index in [2.05, 4.69) is 51.1 Å². The molecule has 192 valence electrons. The fourth-order valence-corrected chi connectivity index (χ4v) is 5.10. The van der Waals surface area contributed by atoms with E-state index < -0.39 is 26.3 Å². The molecule has 10 heteroatoms. The topological polar surface area (TPSA) is 131 Å². The summed E-state index contributed by atoms with van der Waals surface area (Å²) in [5, 5.41) is 14.5. The first-order valence-electron chi connectivity index (χ1n) is 11.6. The van der Waals surface area contributed by atoms with Crippen LogP contribution in [0.4, 0.5) is 10.5 Å². The van der Waals surface area contributed by atoms with Crippen molar-refractivity contribution < 1.29 is 33.4 Å². The molecule has 0 unspecified atom stereocenters. The zero-order chi connectivity index (χ0) is 26.6. The molecule has 2 rings (SSSR count). The van der Waals surface area contributed by atoms with Crippen molar-refractivity contribution in [2.75, 3.05) is 11.9 Å². The van der Waals surface area contributed by atoms with Gasteiger partial charge in [0.05, 0.1) is 24.5 Å². The van der Waals surface area contributed by atoms with Gasteiger partial charge in [-0.05, 0) is 36.7 Å². The maximum absolute atomic E-state index is 13.1. The number of hydrogen-bond donors (Lipinski definition) is 3. The highest BCUT2D eigenvalue weighted by Gasteiger charge is 2.47. The van der Waals surface area contributed by atoms with Crippen molar-refractivity contribution in [1.29, 1.82) is 0 Å². The molecule has 1 aliphatic rings. The number of ether oxygens (including phenoxy) is 1. The molecular formula is C25H36N2O7Si. The first-order valence-corrected chi connectivity index (χ1v) is 14.5. The maximum atomic E-state index is 13.1. The summed E-state index contributed by atoms with van der Waals surface area (Å²) < 4.78 is 11.3. The Morgan fingerprint density at radius 1 is 1.29 bits per heavy atom. The minimum absolute atomic E-state index is 0.0132. The number of β-lactam (4-membered cyclic amide) rings is 1. The number of carboxylic acids is 1. The second kappa shape index (κ2) is 11.2. The van der Waals surface area contributed by atoms with Gasteiger partial charge in [-0.15, -0.1) is 0 Å². The van der Waals surface area contributed by atoms with Gasteiger partial charge in [-0.2, -0.15) is 0 Å². The van der Waals surface area contributed by atoms with E-state index in [4.69, 9.17) is 14.3 Å². The Balaban J connectivity index is 2.16. The Kier molecular flexibility index (Phi) is 9.02. The lowest BCUT2D eigenvalue weighted by atomic mass is 9.82. The first-order chi connectivity index (χ1) is 16.2. The fraction of sp³-hybridized carbons (Fsp3) is 0.520. The number of hydrogen-bond acceptors (Lipinski definition) is 6. The molecular weight excluding hydrogens is 468 g/mol. The number of Topliss-reactive ketones (excluding diaryl/α,β-unsaturated/α-hetero) is 1. The molecule has 1 aromatic rings. The third-order valence-electron chi connectivity index (χ3n) is 6.60. The number of carboxylic acid groups (broad SMARTS) is 1. The van der Waals surface area contributed by atoms with Gasteiger partial charge >= 0.3 is 12.1 Å². The van der Waals surface area contributed by atoms with Crippen molar-refractivity contribution in [3.63, 3.8) is 0 Å². The normalized spacial score (nSPS) is 18.6. The van der Waals surface area contributed by atoms with Crippen LogP contribution < -0.4 is 10.6 Å². The molecule has 0 spiro atoms. The van der Waals surface area contributed by atoms with E-state index >= 15 is 0 Å². The largest absolute Gasteiger partial charge is 0.481 e. The van der Waals surface area contributed by atoms with Gasteiger partial charge in [0.25, 0.3) is 0 Å². The van der Waals surface area contributed by atoms with Gasteiger partial charge in [0.2, 0.25) is 5.91 Å². The van der Waals surface area contributed by atoms with Crippen LogP contribution in [0.3, 0.4) is 0 Å². The van der Waals surface area contributed by atoms with Gasteiger partial charge in [-0.1, -0.05) is 45.6 Å². The van der Waals surface area contributed by atoms with Crippen LogP contribution in [-0.2, 0) is 25.2 Å². The van der Waals surface area contributed by atoms with E-state index in [1.165, 1.54) is 24.3 Å². The molecule has 0 bridgehead atoms. The van der Waals surface area contributed by atoms with Crippen molar-refractivity contribution in [2.24, 2.45) is 5.92 Å². The lowest BCUT2D eigenvalue weighted by Crippen LogP contribution is -2.64. The van der Waals surface area contributed by atoms with Crippen LogP contribution in [0.1, 0.15) is 50.0 Å². The summed E-state index contributed by atoms with van der Waals surface area (Å²) in [7, 11) is -2.10. The van der Waals surface area contributed by atoms with E-state index in [1.807, 2.05) is 6.92 Å². The number of anilines is 1. The average molecular weight is 505 g/mol. The number of nitrogens with one attached hydrogen (secondary N) is 2. The van der Waals surface area contributed by atoms with Gasteiger partial charge in [-0.3, -0.25) is 19.7 Å². The van der Waals surface area contributed by atoms with Gasteiger partial charge in [0, 0.05) is 17.7 Å². The summed E-state index contributed by atoms with van der Waals surface area (Å²) in [6.07, 6.45) is -0.00706. The lowest BCUT2D eigenvalue weighted by Gasteiger charge is -2.45. The van der Waals surface area contributed by atoms with Crippen LogP contribution in [0.25, 0.3) is 0 Å². The number of carbonyl (C=O) groups excluding carboxylic acids is 3. The minimum atomic E-state index is -2.10. The van der Waals surface area contributed by atoms with E-state index in [0.29, 0.717) is 5.56 Å². The molecule has 3 N–H and O–H groups in total.